The molecule has 1 rings (SSSR count). The second-order valence-electron chi connectivity index (χ2n) is 2.69. The molecule has 1 heterocycles. The molecule has 0 saturated heterocycles. The number of nitro groups is 1. The summed E-state index contributed by atoms with van der Waals surface area (Å²) in [6.07, 6.45) is 0.982. The van der Waals surface area contributed by atoms with Gasteiger partial charge in [0.2, 0.25) is 0 Å². The summed E-state index contributed by atoms with van der Waals surface area (Å²) >= 11 is 0. The number of aromatic nitrogens is 1. The zero-order chi connectivity index (χ0) is 10.7. The van der Waals surface area contributed by atoms with Crippen LogP contribution in [0.5, 0.6) is 0 Å². The number of aromatic amines is 1. The molecule has 1 unspecified atom stereocenters. The SMILES string of the molecule is NC(CO)c1cc([N+](=O)[O-])c[nH]c1=O. The highest BCUT2D eigenvalue weighted by atomic mass is 16.6. The van der Waals surface area contributed by atoms with Crippen LogP contribution in [0.15, 0.2) is 17.1 Å². The van der Waals surface area contributed by atoms with Gasteiger partial charge < -0.3 is 15.8 Å². The quantitative estimate of drug-likeness (QED) is 0.437. The fraction of sp³-hybridized carbons (Fsp3) is 0.286. The Bertz CT molecular complexity index is 400. The van der Waals surface area contributed by atoms with Crippen molar-refractivity contribution < 1.29 is 10.0 Å². The smallest absolute Gasteiger partial charge is 0.285 e. The highest BCUT2D eigenvalue weighted by Crippen LogP contribution is 2.12. The average Bonchev–Trinajstić information content (AvgIpc) is 2.17. The van der Waals surface area contributed by atoms with E-state index in [2.05, 4.69) is 4.98 Å². The number of rotatable bonds is 3. The summed E-state index contributed by atoms with van der Waals surface area (Å²) in [6, 6.07) is 0.151. The molecule has 7 nitrogen and oxygen atoms in total. The molecular weight excluding hydrogens is 190 g/mol. The number of nitrogens with zero attached hydrogens (tertiary/aromatic N) is 1. The van der Waals surface area contributed by atoms with E-state index in [-0.39, 0.29) is 11.3 Å². The standard InChI is InChI=1S/C7H9N3O4/c8-6(3-11)5-1-4(10(13)14)2-9-7(5)12/h1-2,6,11H,3,8H2,(H,9,12). The Morgan fingerprint density at radius 1 is 1.71 bits per heavy atom. The summed E-state index contributed by atoms with van der Waals surface area (Å²) in [5.74, 6) is 0. The maximum absolute atomic E-state index is 11.1. The predicted octanol–water partition coefficient (Wildman–Crippen LogP) is -0.725. The van der Waals surface area contributed by atoms with Gasteiger partial charge in [0.25, 0.3) is 11.2 Å². The van der Waals surface area contributed by atoms with Crippen LogP contribution < -0.4 is 11.3 Å². The summed E-state index contributed by atoms with van der Waals surface area (Å²) in [4.78, 5) is 23.0. The average molecular weight is 199 g/mol. The summed E-state index contributed by atoms with van der Waals surface area (Å²) in [6.45, 7) is -0.440. The maximum atomic E-state index is 11.1. The molecule has 0 amide bonds. The topological polar surface area (TPSA) is 122 Å². The van der Waals surface area contributed by atoms with Crippen LogP contribution >= 0.6 is 0 Å². The largest absolute Gasteiger partial charge is 0.394 e. The van der Waals surface area contributed by atoms with Crippen LogP contribution in [0.4, 0.5) is 5.69 Å². The zero-order valence-electron chi connectivity index (χ0n) is 7.14. The molecule has 14 heavy (non-hydrogen) atoms. The lowest BCUT2D eigenvalue weighted by atomic mass is 10.1. The van der Waals surface area contributed by atoms with Crippen LogP contribution in [-0.4, -0.2) is 21.6 Å². The van der Waals surface area contributed by atoms with Crippen molar-refractivity contribution in [1.82, 2.24) is 4.98 Å². The lowest BCUT2D eigenvalue weighted by Crippen LogP contribution is -2.24. The normalized spacial score (nSPS) is 12.4. The predicted molar refractivity (Wildman–Crippen MR) is 47.7 cm³/mol. The van der Waals surface area contributed by atoms with Gasteiger partial charge in [0.05, 0.1) is 23.8 Å². The Kier molecular flexibility index (Phi) is 2.95. The van der Waals surface area contributed by atoms with Gasteiger partial charge >= 0.3 is 0 Å². The van der Waals surface area contributed by atoms with Gasteiger partial charge in [-0.2, -0.15) is 0 Å². The third kappa shape index (κ3) is 1.95. The number of pyridine rings is 1. The molecule has 0 radical (unpaired) electrons. The van der Waals surface area contributed by atoms with E-state index in [1.165, 1.54) is 0 Å². The van der Waals surface area contributed by atoms with Crippen molar-refractivity contribution >= 4 is 5.69 Å². The second-order valence-corrected chi connectivity index (χ2v) is 2.69. The van der Waals surface area contributed by atoms with Crippen LogP contribution in [0.25, 0.3) is 0 Å². The van der Waals surface area contributed by atoms with Gasteiger partial charge in [0.15, 0.2) is 0 Å². The molecule has 0 fully saturated rings. The fourth-order valence-corrected chi connectivity index (χ4v) is 0.969. The van der Waals surface area contributed by atoms with Crippen molar-refractivity contribution in [1.29, 1.82) is 0 Å². The number of nitrogens with one attached hydrogen (secondary N) is 1. The van der Waals surface area contributed by atoms with Gasteiger partial charge in [-0.05, 0) is 0 Å². The number of hydrogen-bond acceptors (Lipinski definition) is 5. The molecule has 1 aromatic heterocycles. The first-order chi connectivity index (χ1) is 6.56. The second kappa shape index (κ2) is 3.99. The molecular formula is C7H9N3O4. The summed E-state index contributed by atoms with van der Waals surface area (Å²) in [5.41, 5.74) is 4.58. The first-order valence-corrected chi connectivity index (χ1v) is 3.79. The van der Waals surface area contributed by atoms with Crippen molar-refractivity contribution in [2.45, 2.75) is 6.04 Å². The van der Waals surface area contributed by atoms with Gasteiger partial charge in [-0.15, -0.1) is 0 Å². The molecule has 0 aliphatic rings. The van der Waals surface area contributed by atoms with Crippen LogP contribution in [0.3, 0.4) is 0 Å². The molecule has 4 N–H and O–H groups in total. The van der Waals surface area contributed by atoms with E-state index in [9.17, 15) is 14.9 Å². The Hall–Kier alpha value is -1.73. The van der Waals surface area contributed by atoms with E-state index in [0.717, 1.165) is 12.3 Å². The molecule has 1 atom stereocenters. The van der Waals surface area contributed by atoms with Gasteiger partial charge in [0, 0.05) is 11.6 Å². The van der Waals surface area contributed by atoms with E-state index < -0.39 is 23.1 Å². The van der Waals surface area contributed by atoms with Crippen LogP contribution in [0, 0.1) is 10.1 Å². The molecule has 7 heteroatoms. The first kappa shape index (κ1) is 10.4. The monoisotopic (exact) mass is 199 g/mol. The number of aliphatic hydroxyl groups excluding tert-OH is 1. The molecule has 0 aromatic carbocycles. The number of aliphatic hydroxyl groups is 1. The number of H-pyrrole nitrogens is 1. The molecule has 76 valence electrons. The maximum Gasteiger partial charge on any atom is 0.285 e. The third-order valence-corrected chi connectivity index (χ3v) is 1.72. The van der Waals surface area contributed by atoms with Crippen LogP contribution in [-0.2, 0) is 0 Å². The fourth-order valence-electron chi connectivity index (χ4n) is 0.969. The van der Waals surface area contributed by atoms with E-state index in [0.29, 0.717) is 0 Å². The molecule has 1 aromatic rings. The Labute approximate surface area is 78.3 Å². The van der Waals surface area contributed by atoms with Crippen LogP contribution in [0.2, 0.25) is 0 Å². The van der Waals surface area contributed by atoms with Gasteiger partial charge in [0.1, 0.15) is 0 Å². The molecule has 0 aliphatic carbocycles. The lowest BCUT2D eigenvalue weighted by molar-refractivity contribution is -0.385. The molecule has 0 saturated carbocycles. The van der Waals surface area contributed by atoms with Gasteiger partial charge in [-0.1, -0.05) is 0 Å². The highest BCUT2D eigenvalue weighted by Gasteiger charge is 2.14. The Balaban J connectivity index is 3.21. The number of hydrogen-bond donors (Lipinski definition) is 3. The van der Waals surface area contributed by atoms with Crippen molar-refractivity contribution in [2.75, 3.05) is 6.61 Å². The Morgan fingerprint density at radius 2 is 2.36 bits per heavy atom. The lowest BCUT2D eigenvalue weighted by Gasteiger charge is -2.05. The zero-order valence-corrected chi connectivity index (χ0v) is 7.14. The van der Waals surface area contributed by atoms with E-state index in [1.54, 1.807) is 0 Å². The van der Waals surface area contributed by atoms with E-state index in [4.69, 9.17) is 10.8 Å². The molecule has 0 spiro atoms. The minimum Gasteiger partial charge on any atom is -0.394 e. The first-order valence-electron chi connectivity index (χ1n) is 3.79. The molecule has 0 bridgehead atoms. The van der Waals surface area contributed by atoms with Crippen molar-refractivity contribution in [3.05, 3.63) is 38.3 Å². The van der Waals surface area contributed by atoms with Crippen molar-refractivity contribution in [3.8, 4) is 0 Å². The van der Waals surface area contributed by atoms with E-state index >= 15 is 0 Å². The van der Waals surface area contributed by atoms with Crippen molar-refractivity contribution in [3.63, 3.8) is 0 Å². The van der Waals surface area contributed by atoms with Gasteiger partial charge in [-0.3, -0.25) is 14.9 Å². The minimum atomic E-state index is -0.904. The summed E-state index contributed by atoms with van der Waals surface area (Å²) in [7, 11) is 0. The third-order valence-electron chi connectivity index (χ3n) is 1.72. The summed E-state index contributed by atoms with van der Waals surface area (Å²) in [5, 5.41) is 19.1. The highest BCUT2D eigenvalue weighted by molar-refractivity contribution is 5.31. The van der Waals surface area contributed by atoms with E-state index in [1.807, 2.05) is 0 Å². The number of nitrogens with two attached hydrogens (primary N) is 1. The molecule has 0 aliphatic heterocycles. The van der Waals surface area contributed by atoms with Gasteiger partial charge in [-0.25, -0.2) is 0 Å². The Morgan fingerprint density at radius 3 is 2.86 bits per heavy atom. The minimum absolute atomic E-state index is 0.00157. The summed E-state index contributed by atoms with van der Waals surface area (Å²) < 4.78 is 0. The van der Waals surface area contributed by atoms with Crippen LogP contribution in [0.1, 0.15) is 11.6 Å². The van der Waals surface area contributed by atoms with Crippen molar-refractivity contribution in [2.24, 2.45) is 5.73 Å².